The Kier molecular flexibility index (Phi) is 8.12. The van der Waals surface area contributed by atoms with E-state index >= 15 is 0 Å². The molecule has 1 N–H and O–H groups in total. The third-order valence-electron chi connectivity index (χ3n) is 4.95. The summed E-state index contributed by atoms with van der Waals surface area (Å²) in [5, 5.41) is 12.3. The van der Waals surface area contributed by atoms with Crippen molar-refractivity contribution in [3.05, 3.63) is 46.2 Å². The predicted octanol–water partition coefficient (Wildman–Crippen LogP) is 2.46. The van der Waals surface area contributed by atoms with Crippen LogP contribution in [0.5, 0.6) is 11.5 Å². The van der Waals surface area contributed by atoms with E-state index in [9.17, 15) is 5.11 Å². The van der Waals surface area contributed by atoms with E-state index < -0.39 is 6.10 Å². The molecule has 1 aromatic heterocycles. The van der Waals surface area contributed by atoms with E-state index in [1.54, 1.807) is 25.6 Å². The van der Waals surface area contributed by atoms with Crippen molar-refractivity contribution in [1.82, 2.24) is 9.80 Å². The Morgan fingerprint density at radius 1 is 1.07 bits per heavy atom. The lowest BCUT2D eigenvalue weighted by atomic mass is 10.1. The maximum absolute atomic E-state index is 10.2. The third kappa shape index (κ3) is 6.18. The molecule has 1 unspecified atom stereocenters. The summed E-state index contributed by atoms with van der Waals surface area (Å²) in [6, 6.07) is 9.98. The lowest BCUT2D eigenvalue weighted by molar-refractivity contribution is 0.00149. The largest absolute Gasteiger partial charge is 0.497 e. The SMILES string of the molecule is COc1ccc(OC)c(CN2CCN(CC(O)COCc3cccs3)CC2)c1. The second-order valence-electron chi connectivity index (χ2n) is 7.00. The smallest absolute Gasteiger partial charge is 0.123 e. The van der Waals surface area contributed by atoms with Gasteiger partial charge >= 0.3 is 0 Å². The van der Waals surface area contributed by atoms with Gasteiger partial charge < -0.3 is 19.3 Å². The van der Waals surface area contributed by atoms with Gasteiger partial charge in [0.15, 0.2) is 0 Å². The van der Waals surface area contributed by atoms with Crippen molar-refractivity contribution in [3.8, 4) is 11.5 Å². The van der Waals surface area contributed by atoms with Crippen LogP contribution in [0.2, 0.25) is 0 Å². The van der Waals surface area contributed by atoms with E-state index in [2.05, 4.69) is 9.80 Å². The van der Waals surface area contributed by atoms with Gasteiger partial charge in [-0.25, -0.2) is 0 Å². The summed E-state index contributed by atoms with van der Waals surface area (Å²) in [7, 11) is 3.38. The summed E-state index contributed by atoms with van der Waals surface area (Å²) < 4.78 is 16.5. The quantitative estimate of drug-likeness (QED) is 0.654. The first-order chi connectivity index (χ1) is 13.7. The van der Waals surface area contributed by atoms with E-state index in [0.29, 0.717) is 19.8 Å². The maximum atomic E-state index is 10.2. The molecule has 7 heteroatoms. The Morgan fingerprint density at radius 3 is 2.54 bits per heavy atom. The summed E-state index contributed by atoms with van der Waals surface area (Å²) in [4.78, 5) is 5.90. The van der Waals surface area contributed by atoms with Gasteiger partial charge in [-0.1, -0.05) is 6.07 Å². The van der Waals surface area contributed by atoms with Crippen LogP contribution >= 0.6 is 11.3 Å². The zero-order valence-electron chi connectivity index (χ0n) is 16.7. The number of ether oxygens (including phenoxy) is 3. The van der Waals surface area contributed by atoms with Gasteiger partial charge in [0, 0.05) is 49.7 Å². The Hall–Kier alpha value is -1.64. The molecule has 0 radical (unpaired) electrons. The highest BCUT2D eigenvalue weighted by Gasteiger charge is 2.20. The molecule has 2 heterocycles. The van der Waals surface area contributed by atoms with Crippen LogP contribution in [0.25, 0.3) is 0 Å². The topological polar surface area (TPSA) is 54.4 Å². The molecule has 1 atom stereocenters. The zero-order valence-corrected chi connectivity index (χ0v) is 17.5. The monoisotopic (exact) mass is 406 g/mol. The number of aliphatic hydroxyl groups is 1. The van der Waals surface area contributed by atoms with Crippen molar-refractivity contribution in [1.29, 1.82) is 0 Å². The first-order valence-corrected chi connectivity index (χ1v) is 10.5. The van der Waals surface area contributed by atoms with Gasteiger partial charge in [0.1, 0.15) is 11.5 Å². The number of β-amino-alcohol motifs (C(OH)–C–C–N with tert-alkyl or cyclic N) is 1. The number of rotatable bonds is 10. The fraction of sp³-hybridized carbons (Fsp3) is 0.524. The fourth-order valence-corrected chi connectivity index (χ4v) is 4.06. The highest BCUT2D eigenvalue weighted by Crippen LogP contribution is 2.25. The van der Waals surface area contributed by atoms with Crippen LogP contribution < -0.4 is 9.47 Å². The molecule has 6 nitrogen and oxygen atoms in total. The maximum Gasteiger partial charge on any atom is 0.123 e. The highest BCUT2D eigenvalue weighted by atomic mass is 32.1. The van der Waals surface area contributed by atoms with Crippen molar-refractivity contribution in [3.63, 3.8) is 0 Å². The summed E-state index contributed by atoms with van der Waals surface area (Å²) in [5.74, 6) is 1.74. The Bertz CT molecular complexity index is 702. The Labute approximate surface area is 171 Å². The van der Waals surface area contributed by atoms with E-state index in [1.807, 2.05) is 35.7 Å². The predicted molar refractivity (Wildman–Crippen MR) is 111 cm³/mol. The molecule has 0 saturated carbocycles. The van der Waals surface area contributed by atoms with Crippen LogP contribution in [0, 0.1) is 0 Å². The van der Waals surface area contributed by atoms with Crippen LogP contribution in [0.3, 0.4) is 0 Å². The molecule has 28 heavy (non-hydrogen) atoms. The number of aliphatic hydroxyl groups excluding tert-OH is 1. The minimum absolute atomic E-state index is 0.374. The van der Waals surface area contributed by atoms with Gasteiger partial charge in [0.05, 0.1) is 33.5 Å². The molecule has 1 aromatic carbocycles. The van der Waals surface area contributed by atoms with Gasteiger partial charge in [-0.05, 0) is 29.6 Å². The fourth-order valence-electron chi connectivity index (χ4n) is 3.42. The molecular weight excluding hydrogens is 376 g/mol. The molecule has 154 valence electrons. The summed E-state index contributed by atoms with van der Waals surface area (Å²) in [6.07, 6.45) is -0.454. The van der Waals surface area contributed by atoms with Crippen LogP contribution in [0.1, 0.15) is 10.4 Å². The van der Waals surface area contributed by atoms with Crippen LogP contribution in [-0.4, -0.2) is 74.6 Å². The number of benzene rings is 1. The van der Waals surface area contributed by atoms with Crippen molar-refractivity contribution in [2.75, 3.05) is 53.6 Å². The number of piperazine rings is 1. The lowest BCUT2D eigenvalue weighted by Gasteiger charge is -2.35. The number of methoxy groups -OCH3 is 2. The van der Waals surface area contributed by atoms with Crippen LogP contribution in [0.4, 0.5) is 0 Å². The normalized spacial score (nSPS) is 16.8. The Balaban J connectivity index is 1.39. The molecular formula is C21H30N2O4S. The second-order valence-corrected chi connectivity index (χ2v) is 8.04. The van der Waals surface area contributed by atoms with E-state index in [-0.39, 0.29) is 0 Å². The standard InChI is InChI=1S/C21H30N2O4S/c1-25-19-5-6-21(26-2)17(12-19)13-22-7-9-23(10-8-22)14-18(24)15-27-16-20-4-3-11-28-20/h3-6,11-12,18,24H,7-10,13-16H2,1-2H3. The molecule has 2 aromatic rings. The van der Waals surface area contributed by atoms with E-state index in [1.165, 1.54) is 4.88 Å². The molecule has 3 rings (SSSR count). The van der Waals surface area contributed by atoms with Crippen molar-refractivity contribution >= 4 is 11.3 Å². The van der Waals surface area contributed by atoms with Gasteiger partial charge in [-0.15, -0.1) is 11.3 Å². The van der Waals surface area contributed by atoms with Crippen LogP contribution in [0.15, 0.2) is 35.7 Å². The Morgan fingerprint density at radius 2 is 1.86 bits per heavy atom. The van der Waals surface area contributed by atoms with Gasteiger partial charge in [0.25, 0.3) is 0 Å². The molecule has 0 amide bonds. The minimum Gasteiger partial charge on any atom is -0.497 e. The second kappa shape index (κ2) is 10.8. The molecule has 1 saturated heterocycles. The summed E-state index contributed by atoms with van der Waals surface area (Å²) in [6.45, 7) is 6.24. The number of nitrogens with zero attached hydrogens (tertiary/aromatic N) is 2. The van der Waals surface area contributed by atoms with E-state index in [4.69, 9.17) is 14.2 Å². The number of hydrogen-bond acceptors (Lipinski definition) is 7. The summed E-state index contributed by atoms with van der Waals surface area (Å²) >= 11 is 1.68. The minimum atomic E-state index is -0.454. The molecule has 1 aliphatic rings. The van der Waals surface area contributed by atoms with Gasteiger partial charge in [0.2, 0.25) is 0 Å². The third-order valence-corrected chi connectivity index (χ3v) is 5.80. The van der Waals surface area contributed by atoms with Gasteiger partial charge in [-0.2, -0.15) is 0 Å². The average Bonchev–Trinajstić information content (AvgIpc) is 3.23. The molecule has 0 bridgehead atoms. The first kappa shape index (κ1) is 21.1. The lowest BCUT2D eigenvalue weighted by Crippen LogP contribution is -2.48. The zero-order chi connectivity index (χ0) is 19.8. The van der Waals surface area contributed by atoms with Crippen molar-refractivity contribution in [2.24, 2.45) is 0 Å². The van der Waals surface area contributed by atoms with Crippen molar-refractivity contribution < 1.29 is 19.3 Å². The van der Waals surface area contributed by atoms with E-state index in [0.717, 1.165) is 49.8 Å². The van der Waals surface area contributed by atoms with Gasteiger partial charge in [-0.3, -0.25) is 9.80 Å². The first-order valence-electron chi connectivity index (χ1n) is 9.61. The number of thiophene rings is 1. The highest BCUT2D eigenvalue weighted by molar-refractivity contribution is 7.09. The molecule has 1 aliphatic heterocycles. The average molecular weight is 407 g/mol. The molecule has 0 spiro atoms. The van der Waals surface area contributed by atoms with Crippen LogP contribution in [-0.2, 0) is 17.9 Å². The van der Waals surface area contributed by atoms with Crippen molar-refractivity contribution in [2.45, 2.75) is 19.3 Å². The number of hydrogen-bond donors (Lipinski definition) is 1. The molecule has 1 fully saturated rings. The molecule has 0 aliphatic carbocycles. The summed E-state index contributed by atoms with van der Waals surface area (Å²) in [5.41, 5.74) is 1.14.